The summed E-state index contributed by atoms with van der Waals surface area (Å²) >= 11 is 0. The van der Waals surface area contributed by atoms with Crippen LogP contribution in [0.5, 0.6) is 5.75 Å². The van der Waals surface area contributed by atoms with Crippen LogP contribution < -0.4 is 4.74 Å². The first-order chi connectivity index (χ1) is 10.7. The zero-order chi connectivity index (χ0) is 17.2. The molecule has 6 nitrogen and oxygen atoms in total. The average Bonchev–Trinajstić information content (AvgIpc) is 2.91. The third kappa shape index (κ3) is 4.15. The van der Waals surface area contributed by atoms with Gasteiger partial charge in [0.2, 0.25) is 0 Å². The van der Waals surface area contributed by atoms with Crippen molar-refractivity contribution in [3.05, 3.63) is 29.8 Å². The molecule has 1 aromatic rings. The number of aliphatic carboxylic acids is 1. The van der Waals surface area contributed by atoms with Gasteiger partial charge in [0.25, 0.3) is 0 Å². The standard InChI is InChI=1S/C17H23NO5/c1-17(2,3)23-16(21)18-9-13(14(10-18)15(19)20)11-5-7-12(22-4)8-6-11/h5-8,13-14H,9-10H2,1-4H3,(H,19,20)/t13-,14+/m0/s1. The molecular weight excluding hydrogens is 298 g/mol. The Hall–Kier alpha value is -2.24. The second-order valence-corrected chi connectivity index (χ2v) is 6.71. The van der Waals surface area contributed by atoms with Crippen molar-refractivity contribution in [3.8, 4) is 5.75 Å². The van der Waals surface area contributed by atoms with E-state index < -0.39 is 23.6 Å². The summed E-state index contributed by atoms with van der Waals surface area (Å²) < 4.78 is 10.5. The van der Waals surface area contributed by atoms with E-state index in [2.05, 4.69) is 0 Å². The minimum absolute atomic E-state index is 0.154. The molecule has 0 bridgehead atoms. The van der Waals surface area contributed by atoms with Crippen LogP contribution in [0.25, 0.3) is 0 Å². The molecule has 1 amide bonds. The molecule has 2 rings (SSSR count). The molecule has 1 fully saturated rings. The van der Waals surface area contributed by atoms with Gasteiger partial charge in [0.1, 0.15) is 11.4 Å². The molecule has 126 valence electrons. The highest BCUT2D eigenvalue weighted by atomic mass is 16.6. The van der Waals surface area contributed by atoms with E-state index >= 15 is 0 Å². The largest absolute Gasteiger partial charge is 0.497 e. The van der Waals surface area contributed by atoms with Crippen molar-refractivity contribution in [2.24, 2.45) is 5.92 Å². The van der Waals surface area contributed by atoms with Crippen LogP contribution in [0, 0.1) is 5.92 Å². The van der Waals surface area contributed by atoms with Crippen molar-refractivity contribution in [1.82, 2.24) is 4.90 Å². The lowest BCUT2D eigenvalue weighted by molar-refractivity contribution is -0.141. The third-order valence-electron chi connectivity index (χ3n) is 3.83. The van der Waals surface area contributed by atoms with Gasteiger partial charge in [-0.15, -0.1) is 0 Å². The third-order valence-corrected chi connectivity index (χ3v) is 3.83. The van der Waals surface area contributed by atoms with Crippen molar-refractivity contribution in [1.29, 1.82) is 0 Å². The molecule has 0 radical (unpaired) electrons. The second kappa shape index (κ2) is 6.48. The Morgan fingerprint density at radius 3 is 2.26 bits per heavy atom. The number of carbonyl (C=O) groups is 2. The van der Waals surface area contributed by atoms with Crippen LogP contribution in [-0.2, 0) is 9.53 Å². The molecule has 2 atom stereocenters. The Labute approximate surface area is 136 Å². The summed E-state index contributed by atoms with van der Waals surface area (Å²) in [5, 5.41) is 9.47. The van der Waals surface area contributed by atoms with Crippen LogP contribution in [0.2, 0.25) is 0 Å². The smallest absolute Gasteiger partial charge is 0.410 e. The predicted molar refractivity (Wildman–Crippen MR) is 84.7 cm³/mol. The summed E-state index contributed by atoms with van der Waals surface area (Å²) in [6, 6.07) is 7.28. The van der Waals surface area contributed by atoms with Gasteiger partial charge in [-0.1, -0.05) is 12.1 Å². The molecule has 23 heavy (non-hydrogen) atoms. The van der Waals surface area contributed by atoms with Crippen LogP contribution >= 0.6 is 0 Å². The van der Waals surface area contributed by atoms with E-state index in [1.165, 1.54) is 4.90 Å². The summed E-state index contributed by atoms with van der Waals surface area (Å²) in [5.74, 6) is -1.10. The summed E-state index contributed by atoms with van der Waals surface area (Å²) in [4.78, 5) is 25.2. The molecule has 6 heteroatoms. The minimum atomic E-state index is -0.906. The second-order valence-electron chi connectivity index (χ2n) is 6.71. The highest BCUT2D eigenvalue weighted by Gasteiger charge is 2.41. The lowest BCUT2D eigenvalue weighted by Gasteiger charge is -2.24. The SMILES string of the molecule is COc1ccc([C@@H]2CN(C(=O)OC(C)(C)C)C[C@H]2C(=O)O)cc1. The van der Waals surface area contributed by atoms with Gasteiger partial charge in [-0.25, -0.2) is 4.79 Å². The maximum absolute atomic E-state index is 12.2. The van der Waals surface area contributed by atoms with Gasteiger partial charge in [0, 0.05) is 19.0 Å². The lowest BCUT2D eigenvalue weighted by atomic mass is 9.89. The first-order valence-corrected chi connectivity index (χ1v) is 7.56. The molecular formula is C17H23NO5. The van der Waals surface area contributed by atoms with E-state index in [1.54, 1.807) is 40.0 Å². The van der Waals surface area contributed by atoms with E-state index in [-0.39, 0.29) is 12.5 Å². The van der Waals surface area contributed by atoms with Crippen LogP contribution in [0.1, 0.15) is 32.3 Å². The van der Waals surface area contributed by atoms with Crippen LogP contribution in [-0.4, -0.2) is 47.9 Å². The van der Waals surface area contributed by atoms with E-state index in [1.807, 2.05) is 12.1 Å². The van der Waals surface area contributed by atoms with Crippen molar-refractivity contribution < 1.29 is 24.2 Å². The number of methoxy groups -OCH3 is 1. The van der Waals surface area contributed by atoms with E-state index in [0.29, 0.717) is 12.3 Å². The number of amides is 1. The predicted octanol–water partition coefficient (Wildman–Crippen LogP) is 2.73. The van der Waals surface area contributed by atoms with Gasteiger partial charge in [0.05, 0.1) is 13.0 Å². The fourth-order valence-corrected chi connectivity index (χ4v) is 2.72. The zero-order valence-electron chi connectivity index (χ0n) is 13.9. The highest BCUT2D eigenvalue weighted by molar-refractivity contribution is 5.76. The van der Waals surface area contributed by atoms with Gasteiger partial charge < -0.3 is 19.5 Å². The van der Waals surface area contributed by atoms with Crippen molar-refractivity contribution in [2.45, 2.75) is 32.3 Å². The maximum atomic E-state index is 12.2. The topological polar surface area (TPSA) is 76.1 Å². The average molecular weight is 321 g/mol. The Morgan fingerprint density at radius 1 is 1.17 bits per heavy atom. The minimum Gasteiger partial charge on any atom is -0.497 e. The molecule has 1 heterocycles. The molecule has 0 aliphatic carbocycles. The maximum Gasteiger partial charge on any atom is 0.410 e. The summed E-state index contributed by atoms with van der Waals surface area (Å²) in [6.07, 6.45) is -0.472. The number of ether oxygens (including phenoxy) is 2. The molecule has 0 unspecified atom stereocenters. The number of benzene rings is 1. The number of rotatable bonds is 3. The van der Waals surface area contributed by atoms with Crippen LogP contribution in [0.4, 0.5) is 4.79 Å². The summed E-state index contributed by atoms with van der Waals surface area (Å²) in [5.41, 5.74) is 0.276. The van der Waals surface area contributed by atoms with Gasteiger partial charge in [-0.05, 0) is 38.5 Å². The Bertz CT molecular complexity index is 576. The molecule has 1 aromatic carbocycles. The monoisotopic (exact) mass is 321 g/mol. The highest BCUT2D eigenvalue weighted by Crippen LogP contribution is 2.34. The number of carboxylic acids is 1. The number of hydrogen-bond donors (Lipinski definition) is 1. The van der Waals surface area contributed by atoms with Gasteiger partial charge in [-0.3, -0.25) is 4.79 Å². The molecule has 1 N–H and O–H groups in total. The Balaban J connectivity index is 2.17. The molecule has 0 spiro atoms. The molecule has 0 aromatic heterocycles. The molecule has 1 aliphatic rings. The number of hydrogen-bond acceptors (Lipinski definition) is 4. The summed E-state index contributed by atoms with van der Waals surface area (Å²) in [6.45, 7) is 5.85. The normalized spacial score (nSPS) is 21.1. The molecule has 1 saturated heterocycles. The van der Waals surface area contributed by atoms with E-state index in [9.17, 15) is 14.7 Å². The number of nitrogens with zero attached hydrogens (tertiary/aromatic N) is 1. The molecule has 1 aliphatic heterocycles. The van der Waals surface area contributed by atoms with Crippen LogP contribution in [0.15, 0.2) is 24.3 Å². The van der Waals surface area contributed by atoms with Crippen molar-refractivity contribution in [2.75, 3.05) is 20.2 Å². The van der Waals surface area contributed by atoms with E-state index in [0.717, 1.165) is 5.56 Å². The van der Waals surface area contributed by atoms with Crippen molar-refractivity contribution in [3.63, 3.8) is 0 Å². The first-order valence-electron chi connectivity index (χ1n) is 7.56. The van der Waals surface area contributed by atoms with E-state index in [4.69, 9.17) is 9.47 Å². The van der Waals surface area contributed by atoms with Gasteiger partial charge in [0.15, 0.2) is 0 Å². The number of carboxylic acid groups (broad SMARTS) is 1. The Kier molecular flexibility index (Phi) is 4.82. The van der Waals surface area contributed by atoms with Crippen LogP contribution in [0.3, 0.4) is 0 Å². The fraction of sp³-hybridized carbons (Fsp3) is 0.529. The zero-order valence-corrected chi connectivity index (χ0v) is 13.9. The number of likely N-dealkylation sites (tertiary alicyclic amines) is 1. The lowest BCUT2D eigenvalue weighted by Crippen LogP contribution is -2.35. The summed E-state index contributed by atoms with van der Waals surface area (Å²) in [7, 11) is 1.58. The molecule has 0 saturated carbocycles. The van der Waals surface area contributed by atoms with Crippen molar-refractivity contribution >= 4 is 12.1 Å². The van der Waals surface area contributed by atoms with Gasteiger partial charge in [-0.2, -0.15) is 0 Å². The Morgan fingerprint density at radius 2 is 1.78 bits per heavy atom. The number of carbonyl (C=O) groups excluding carboxylic acids is 1. The first kappa shape index (κ1) is 17.1. The van der Waals surface area contributed by atoms with Gasteiger partial charge >= 0.3 is 12.1 Å². The fourth-order valence-electron chi connectivity index (χ4n) is 2.72. The quantitative estimate of drug-likeness (QED) is 0.926.